The Morgan fingerprint density at radius 3 is 2.77 bits per heavy atom. The quantitative estimate of drug-likeness (QED) is 0.726. The highest BCUT2D eigenvalue weighted by molar-refractivity contribution is 5.42. The smallest absolute Gasteiger partial charge is 0.128 e. The third-order valence-electron chi connectivity index (χ3n) is 4.93. The van der Waals surface area contributed by atoms with E-state index in [1.54, 1.807) is 6.20 Å². The van der Waals surface area contributed by atoms with Crippen LogP contribution < -0.4 is 4.90 Å². The fourth-order valence-corrected chi connectivity index (χ4v) is 3.63. The van der Waals surface area contributed by atoms with Gasteiger partial charge in [0.25, 0.3) is 0 Å². The molecule has 1 aliphatic heterocycles. The van der Waals surface area contributed by atoms with Crippen molar-refractivity contribution in [3.8, 4) is 6.07 Å². The Labute approximate surface area is 153 Å². The number of pyridine rings is 1. The van der Waals surface area contributed by atoms with Gasteiger partial charge in [-0.15, -0.1) is 0 Å². The van der Waals surface area contributed by atoms with Gasteiger partial charge in [0.05, 0.1) is 5.56 Å². The van der Waals surface area contributed by atoms with Crippen LogP contribution in [-0.2, 0) is 6.54 Å². The minimum atomic E-state index is 0.389. The van der Waals surface area contributed by atoms with Gasteiger partial charge < -0.3 is 9.47 Å². The van der Waals surface area contributed by atoms with Gasteiger partial charge in [-0.3, -0.25) is 0 Å². The molecular formula is C21H21N5. The molecule has 1 atom stereocenters. The van der Waals surface area contributed by atoms with Gasteiger partial charge in [0, 0.05) is 44.1 Å². The molecule has 0 spiro atoms. The number of imidazole rings is 1. The molecule has 0 radical (unpaired) electrons. The summed E-state index contributed by atoms with van der Waals surface area (Å²) in [5, 5.41) is 8.94. The molecule has 1 aliphatic rings. The molecule has 4 rings (SSSR count). The van der Waals surface area contributed by atoms with Crippen molar-refractivity contribution in [2.75, 3.05) is 18.0 Å². The number of benzene rings is 1. The van der Waals surface area contributed by atoms with Crippen molar-refractivity contribution in [3.05, 3.63) is 78.0 Å². The topological polar surface area (TPSA) is 57.7 Å². The van der Waals surface area contributed by atoms with Gasteiger partial charge >= 0.3 is 0 Å². The second-order valence-electron chi connectivity index (χ2n) is 6.70. The number of anilines is 1. The summed E-state index contributed by atoms with van der Waals surface area (Å²) in [6.07, 6.45) is 7.87. The maximum absolute atomic E-state index is 8.94. The van der Waals surface area contributed by atoms with E-state index in [1.807, 2.05) is 24.4 Å². The van der Waals surface area contributed by atoms with Gasteiger partial charge in [-0.2, -0.15) is 5.26 Å². The zero-order valence-corrected chi connectivity index (χ0v) is 14.6. The van der Waals surface area contributed by atoms with Crippen LogP contribution in [0.4, 0.5) is 5.82 Å². The molecule has 5 nitrogen and oxygen atoms in total. The first kappa shape index (κ1) is 16.3. The largest absolute Gasteiger partial charge is 0.356 e. The number of nitriles is 1. The normalized spacial score (nSPS) is 17.0. The maximum Gasteiger partial charge on any atom is 0.128 e. The standard InChI is InChI=1S/C21H21N5/c22-13-18-8-9-20(24-14-18)25-11-4-7-19(16-25)21-23-10-12-26(21)15-17-5-2-1-3-6-17/h1-3,5-6,8-10,12,14,19H,4,7,11,15-16H2/t19-/m1/s1. The molecule has 0 bridgehead atoms. The van der Waals surface area contributed by atoms with E-state index < -0.39 is 0 Å². The maximum atomic E-state index is 8.94. The van der Waals surface area contributed by atoms with Crippen molar-refractivity contribution in [2.24, 2.45) is 0 Å². The van der Waals surface area contributed by atoms with E-state index in [2.05, 4.69) is 56.0 Å². The SMILES string of the molecule is N#Cc1ccc(N2CCC[C@@H](c3nccn3Cc3ccccc3)C2)nc1. The fourth-order valence-electron chi connectivity index (χ4n) is 3.63. The van der Waals surface area contributed by atoms with Gasteiger partial charge in [-0.1, -0.05) is 30.3 Å². The Morgan fingerprint density at radius 2 is 2.00 bits per heavy atom. The fraction of sp³-hybridized carbons (Fsp3) is 0.286. The minimum Gasteiger partial charge on any atom is -0.356 e. The Balaban J connectivity index is 1.51. The molecule has 26 heavy (non-hydrogen) atoms. The lowest BCUT2D eigenvalue weighted by molar-refractivity contribution is 0.474. The van der Waals surface area contributed by atoms with E-state index in [9.17, 15) is 0 Å². The predicted molar refractivity (Wildman–Crippen MR) is 101 cm³/mol. The summed E-state index contributed by atoms with van der Waals surface area (Å²) in [4.78, 5) is 11.4. The van der Waals surface area contributed by atoms with Crippen LogP contribution >= 0.6 is 0 Å². The highest BCUT2D eigenvalue weighted by Crippen LogP contribution is 2.28. The van der Waals surface area contributed by atoms with Crippen molar-refractivity contribution in [1.82, 2.24) is 14.5 Å². The highest BCUT2D eigenvalue weighted by Gasteiger charge is 2.25. The molecule has 1 saturated heterocycles. The van der Waals surface area contributed by atoms with Gasteiger partial charge in [-0.25, -0.2) is 9.97 Å². The van der Waals surface area contributed by atoms with Crippen LogP contribution in [0.1, 0.15) is 35.7 Å². The molecule has 0 amide bonds. The molecule has 3 heterocycles. The predicted octanol–water partition coefficient (Wildman–Crippen LogP) is 3.58. The van der Waals surface area contributed by atoms with E-state index in [0.29, 0.717) is 11.5 Å². The van der Waals surface area contributed by atoms with Crippen molar-refractivity contribution in [1.29, 1.82) is 5.26 Å². The molecular weight excluding hydrogens is 322 g/mol. The molecule has 2 aromatic heterocycles. The summed E-state index contributed by atoms with van der Waals surface area (Å²) in [5.74, 6) is 2.47. The molecule has 5 heteroatoms. The summed E-state index contributed by atoms with van der Waals surface area (Å²) in [5.41, 5.74) is 1.88. The minimum absolute atomic E-state index is 0.389. The molecule has 0 unspecified atom stereocenters. The van der Waals surface area contributed by atoms with Crippen molar-refractivity contribution >= 4 is 5.82 Å². The zero-order chi connectivity index (χ0) is 17.8. The van der Waals surface area contributed by atoms with Crippen LogP contribution in [0.3, 0.4) is 0 Å². The summed E-state index contributed by atoms with van der Waals surface area (Å²) in [6, 6.07) is 16.4. The Bertz CT molecular complexity index is 892. The molecule has 1 aromatic carbocycles. The van der Waals surface area contributed by atoms with Crippen LogP contribution in [0.15, 0.2) is 61.1 Å². The average Bonchev–Trinajstić information content (AvgIpc) is 3.17. The number of rotatable bonds is 4. The van der Waals surface area contributed by atoms with E-state index in [-0.39, 0.29) is 0 Å². The van der Waals surface area contributed by atoms with Crippen LogP contribution in [0.5, 0.6) is 0 Å². The second-order valence-corrected chi connectivity index (χ2v) is 6.70. The first-order valence-electron chi connectivity index (χ1n) is 8.99. The lowest BCUT2D eigenvalue weighted by Gasteiger charge is -2.33. The lowest BCUT2D eigenvalue weighted by atomic mass is 9.97. The van der Waals surface area contributed by atoms with Crippen LogP contribution in [0, 0.1) is 11.3 Å². The molecule has 0 saturated carbocycles. The number of hydrogen-bond acceptors (Lipinski definition) is 4. The summed E-state index contributed by atoms with van der Waals surface area (Å²) < 4.78 is 2.26. The van der Waals surface area contributed by atoms with Crippen molar-refractivity contribution < 1.29 is 0 Å². The molecule has 1 fully saturated rings. The first-order valence-corrected chi connectivity index (χ1v) is 8.99. The average molecular weight is 343 g/mol. The Kier molecular flexibility index (Phi) is 4.65. The number of piperidine rings is 1. The van der Waals surface area contributed by atoms with Gasteiger partial charge in [0.15, 0.2) is 0 Å². The van der Waals surface area contributed by atoms with Gasteiger partial charge in [0.1, 0.15) is 17.7 Å². The summed E-state index contributed by atoms with van der Waals surface area (Å²) in [7, 11) is 0. The number of hydrogen-bond donors (Lipinski definition) is 0. The van der Waals surface area contributed by atoms with Crippen LogP contribution in [0.2, 0.25) is 0 Å². The number of nitrogens with zero attached hydrogens (tertiary/aromatic N) is 5. The highest BCUT2D eigenvalue weighted by atomic mass is 15.2. The van der Waals surface area contributed by atoms with Crippen LogP contribution in [-0.4, -0.2) is 27.6 Å². The molecule has 3 aromatic rings. The zero-order valence-electron chi connectivity index (χ0n) is 14.6. The van der Waals surface area contributed by atoms with Crippen molar-refractivity contribution in [2.45, 2.75) is 25.3 Å². The first-order chi connectivity index (χ1) is 12.8. The molecule has 0 N–H and O–H groups in total. The Hall–Kier alpha value is -3.13. The summed E-state index contributed by atoms with van der Waals surface area (Å²) >= 11 is 0. The monoisotopic (exact) mass is 343 g/mol. The van der Waals surface area contributed by atoms with Gasteiger partial charge in [-0.05, 0) is 30.5 Å². The van der Waals surface area contributed by atoms with Crippen LogP contribution in [0.25, 0.3) is 0 Å². The van der Waals surface area contributed by atoms with E-state index in [4.69, 9.17) is 5.26 Å². The Morgan fingerprint density at radius 1 is 1.12 bits per heavy atom. The van der Waals surface area contributed by atoms with Gasteiger partial charge in [0.2, 0.25) is 0 Å². The van der Waals surface area contributed by atoms with E-state index in [1.165, 1.54) is 5.56 Å². The molecule has 130 valence electrons. The van der Waals surface area contributed by atoms with Crippen molar-refractivity contribution in [3.63, 3.8) is 0 Å². The third kappa shape index (κ3) is 3.45. The number of aromatic nitrogens is 3. The second kappa shape index (κ2) is 7.40. The summed E-state index contributed by atoms with van der Waals surface area (Å²) in [6.45, 7) is 2.75. The molecule has 0 aliphatic carbocycles. The van der Waals surface area contributed by atoms with E-state index >= 15 is 0 Å². The third-order valence-corrected chi connectivity index (χ3v) is 4.93. The van der Waals surface area contributed by atoms with E-state index in [0.717, 1.165) is 44.1 Å². The lowest BCUT2D eigenvalue weighted by Crippen LogP contribution is -2.36.